The molecule has 0 aromatic heterocycles. The Kier molecular flexibility index (Phi) is 4.27. The van der Waals surface area contributed by atoms with Crippen molar-refractivity contribution in [2.45, 2.75) is 13.1 Å². The van der Waals surface area contributed by atoms with Crippen molar-refractivity contribution in [3.63, 3.8) is 0 Å². The van der Waals surface area contributed by atoms with Crippen molar-refractivity contribution < 1.29 is 27.7 Å². The number of carbonyl (C=O) groups excluding carboxylic acids is 2. The number of nitrogens with one attached hydrogen (secondary N) is 2. The maximum atomic E-state index is 11.9. The number of halogens is 3. The summed E-state index contributed by atoms with van der Waals surface area (Å²) in [7, 11) is 0. The van der Waals surface area contributed by atoms with Gasteiger partial charge in [-0.15, -0.1) is 0 Å². The van der Waals surface area contributed by atoms with Gasteiger partial charge in [0.15, 0.2) is 0 Å². The zero-order valence-electron chi connectivity index (χ0n) is 9.95. The van der Waals surface area contributed by atoms with Gasteiger partial charge in [-0.05, 0) is 18.6 Å². The zero-order valence-corrected chi connectivity index (χ0v) is 9.95. The smallest absolute Gasteiger partial charge is 0.267 e. The summed E-state index contributed by atoms with van der Waals surface area (Å²) < 4.78 is 35.7. The van der Waals surface area contributed by atoms with Crippen LogP contribution in [0.15, 0.2) is 18.2 Å². The molecule has 0 aliphatic rings. The van der Waals surface area contributed by atoms with Gasteiger partial charge in [0.25, 0.3) is 11.6 Å². The predicted octanol–water partition coefficient (Wildman–Crippen LogP) is 1.23. The number of aryl methyl sites for hydroxylation is 1. The number of hydrazine groups is 1. The van der Waals surface area contributed by atoms with E-state index in [0.29, 0.717) is 5.56 Å². The molecule has 1 aromatic carbocycles. The molecular weight excluding hydrogens is 283 g/mol. The molecule has 0 spiro atoms. The van der Waals surface area contributed by atoms with E-state index in [0.717, 1.165) is 17.6 Å². The summed E-state index contributed by atoms with van der Waals surface area (Å²) in [5.74, 6) is -3.61. The van der Waals surface area contributed by atoms with Gasteiger partial charge in [-0.25, -0.2) is 0 Å². The van der Waals surface area contributed by atoms with E-state index in [2.05, 4.69) is 0 Å². The highest BCUT2D eigenvalue weighted by Gasteiger charge is 2.39. The average Bonchev–Trinajstić information content (AvgIpc) is 2.33. The van der Waals surface area contributed by atoms with Crippen molar-refractivity contribution in [2.24, 2.45) is 0 Å². The van der Waals surface area contributed by atoms with Gasteiger partial charge in [-0.1, -0.05) is 6.07 Å². The van der Waals surface area contributed by atoms with Crippen LogP contribution in [0, 0.1) is 17.0 Å². The second-order valence-electron chi connectivity index (χ2n) is 3.68. The van der Waals surface area contributed by atoms with Gasteiger partial charge in [-0.3, -0.25) is 30.6 Å². The number of nitro benzene ring substituents is 1. The Balaban J connectivity index is 2.91. The molecule has 0 fully saturated rings. The summed E-state index contributed by atoms with van der Waals surface area (Å²) in [6, 6.07) is 3.52. The molecule has 0 heterocycles. The second-order valence-corrected chi connectivity index (χ2v) is 3.68. The number of amides is 2. The Hall–Kier alpha value is -2.65. The van der Waals surface area contributed by atoms with Gasteiger partial charge < -0.3 is 0 Å². The Morgan fingerprint density at radius 2 is 1.85 bits per heavy atom. The van der Waals surface area contributed by atoms with Crippen molar-refractivity contribution in [1.82, 2.24) is 10.9 Å². The summed E-state index contributed by atoms with van der Waals surface area (Å²) in [6.07, 6.45) is -5.17. The fraction of sp³-hybridized carbons (Fsp3) is 0.200. The molecule has 2 amide bonds. The van der Waals surface area contributed by atoms with Crippen LogP contribution in [0.5, 0.6) is 0 Å². The number of hydrogen-bond acceptors (Lipinski definition) is 4. The predicted molar refractivity (Wildman–Crippen MR) is 59.5 cm³/mol. The van der Waals surface area contributed by atoms with Crippen molar-refractivity contribution in [3.8, 4) is 0 Å². The van der Waals surface area contributed by atoms with Crippen molar-refractivity contribution >= 4 is 17.5 Å². The largest absolute Gasteiger partial charge is 0.472 e. The van der Waals surface area contributed by atoms with E-state index >= 15 is 0 Å². The Morgan fingerprint density at radius 1 is 1.25 bits per heavy atom. The first-order valence-corrected chi connectivity index (χ1v) is 5.05. The van der Waals surface area contributed by atoms with Crippen LogP contribution in [-0.4, -0.2) is 22.9 Å². The number of rotatable bonds is 2. The molecular formula is C10H8F3N3O4. The highest BCUT2D eigenvalue weighted by molar-refractivity contribution is 5.99. The normalized spacial score (nSPS) is 10.8. The molecule has 0 saturated heterocycles. The Labute approximate surface area is 109 Å². The molecule has 1 aromatic rings. The van der Waals surface area contributed by atoms with Gasteiger partial charge in [0.2, 0.25) is 0 Å². The molecule has 0 bridgehead atoms. The summed E-state index contributed by atoms with van der Waals surface area (Å²) in [6.45, 7) is 1.54. The summed E-state index contributed by atoms with van der Waals surface area (Å²) in [5.41, 5.74) is 2.02. The first-order chi connectivity index (χ1) is 9.12. The van der Waals surface area contributed by atoms with E-state index in [4.69, 9.17) is 0 Å². The fourth-order valence-corrected chi connectivity index (χ4v) is 1.24. The summed E-state index contributed by atoms with van der Waals surface area (Å²) >= 11 is 0. The molecule has 20 heavy (non-hydrogen) atoms. The van der Waals surface area contributed by atoms with Crippen LogP contribution in [0.4, 0.5) is 18.9 Å². The SMILES string of the molecule is Cc1ccc([N+](=O)[O-])c(C(=O)NNC(=O)C(F)(F)F)c1. The number of hydrogen-bond donors (Lipinski definition) is 2. The van der Waals surface area contributed by atoms with Crippen molar-refractivity contribution in [1.29, 1.82) is 0 Å². The molecule has 108 valence electrons. The van der Waals surface area contributed by atoms with E-state index in [9.17, 15) is 32.9 Å². The second kappa shape index (κ2) is 5.55. The van der Waals surface area contributed by atoms with Crippen LogP contribution in [-0.2, 0) is 4.79 Å². The highest BCUT2D eigenvalue weighted by atomic mass is 19.4. The summed E-state index contributed by atoms with van der Waals surface area (Å²) in [5, 5.41) is 10.7. The maximum Gasteiger partial charge on any atom is 0.472 e. The fourth-order valence-electron chi connectivity index (χ4n) is 1.24. The van der Waals surface area contributed by atoms with Crippen LogP contribution in [0.2, 0.25) is 0 Å². The van der Waals surface area contributed by atoms with Crippen LogP contribution in [0.25, 0.3) is 0 Å². The van der Waals surface area contributed by atoms with E-state index in [1.807, 2.05) is 0 Å². The van der Waals surface area contributed by atoms with Crippen LogP contribution >= 0.6 is 0 Å². The minimum atomic E-state index is -5.17. The Morgan fingerprint density at radius 3 is 2.35 bits per heavy atom. The molecule has 10 heteroatoms. The lowest BCUT2D eigenvalue weighted by molar-refractivity contribution is -0.385. The van der Waals surface area contributed by atoms with E-state index in [1.54, 1.807) is 0 Å². The molecule has 0 unspecified atom stereocenters. The van der Waals surface area contributed by atoms with Gasteiger partial charge in [0, 0.05) is 6.07 Å². The quantitative estimate of drug-likeness (QED) is 0.632. The number of carbonyl (C=O) groups is 2. The molecule has 7 nitrogen and oxygen atoms in total. The van der Waals surface area contributed by atoms with Crippen LogP contribution < -0.4 is 10.9 Å². The molecule has 1 rings (SSSR count). The third-order valence-electron chi connectivity index (χ3n) is 2.14. The minimum absolute atomic E-state index is 0.461. The standard InChI is InChI=1S/C10H8F3N3O4/c1-5-2-3-7(16(19)20)6(4-5)8(17)14-15-9(18)10(11,12)13/h2-4H,1H3,(H,14,17)(H,15,18). The first-order valence-electron chi connectivity index (χ1n) is 5.05. The van der Waals surface area contributed by atoms with Crippen LogP contribution in [0.1, 0.15) is 15.9 Å². The Bertz CT molecular complexity index is 571. The number of nitrogens with zero attached hydrogens (tertiary/aromatic N) is 1. The van der Waals surface area contributed by atoms with E-state index in [-0.39, 0.29) is 0 Å². The molecule has 0 aliphatic carbocycles. The molecule has 2 N–H and O–H groups in total. The van der Waals surface area contributed by atoms with Crippen molar-refractivity contribution in [3.05, 3.63) is 39.4 Å². The number of alkyl halides is 3. The first kappa shape index (κ1) is 15.4. The zero-order chi connectivity index (χ0) is 15.5. The number of nitro groups is 1. The van der Waals surface area contributed by atoms with Gasteiger partial charge in [0.1, 0.15) is 5.56 Å². The van der Waals surface area contributed by atoms with Crippen LogP contribution in [0.3, 0.4) is 0 Å². The minimum Gasteiger partial charge on any atom is -0.267 e. The van der Waals surface area contributed by atoms with Crippen molar-refractivity contribution in [2.75, 3.05) is 0 Å². The van der Waals surface area contributed by atoms with Gasteiger partial charge in [0.05, 0.1) is 4.92 Å². The highest BCUT2D eigenvalue weighted by Crippen LogP contribution is 2.19. The maximum absolute atomic E-state index is 11.9. The monoisotopic (exact) mass is 291 g/mol. The summed E-state index contributed by atoms with van der Waals surface area (Å²) in [4.78, 5) is 31.9. The molecule has 0 saturated carbocycles. The lowest BCUT2D eigenvalue weighted by Gasteiger charge is -2.09. The third-order valence-corrected chi connectivity index (χ3v) is 2.14. The average molecular weight is 291 g/mol. The molecule has 0 aliphatic heterocycles. The van der Waals surface area contributed by atoms with Gasteiger partial charge in [-0.2, -0.15) is 13.2 Å². The molecule has 0 atom stereocenters. The van der Waals surface area contributed by atoms with E-state index in [1.165, 1.54) is 18.4 Å². The van der Waals surface area contributed by atoms with E-state index < -0.39 is 34.2 Å². The lowest BCUT2D eigenvalue weighted by atomic mass is 10.1. The lowest BCUT2D eigenvalue weighted by Crippen LogP contribution is -2.47. The molecule has 0 radical (unpaired) electrons. The van der Waals surface area contributed by atoms with Gasteiger partial charge >= 0.3 is 12.1 Å². The third kappa shape index (κ3) is 3.67. The number of benzene rings is 1. The topological polar surface area (TPSA) is 101 Å².